The first-order chi connectivity index (χ1) is 17.6. The molecule has 0 bridgehead atoms. The van der Waals surface area contributed by atoms with E-state index in [-0.39, 0.29) is 23.2 Å². The third-order valence-electron chi connectivity index (χ3n) is 5.26. The Morgan fingerprint density at radius 3 is 2.16 bits per heavy atom. The van der Waals surface area contributed by atoms with Gasteiger partial charge in [-0.25, -0.2) is 12.7 Å². The Morgan fingerprint density at radius 2 is 1.57 bits per heavy atom. The van der Waals surface area contributed by atoms with Crippen LogP contribution in [0.4, 0.5) is 5.69 Å². The zero-order chi connectivity index (χ0) is 27.0. The van der Waals surface area contributed by atoms with E-state index in [9.17, 15) is 18.0 Å². The van der Waals surface area contributed by atoms with Gasteiger partial charge in [-0.2, -0.15) is 0 Å². The Bertz CT molecular complexity index is 1380. The second-order valence-electron chi connectivity index (χ2n) is 7.99. The Kier molecular flexibility index (Phi) is 9.05. The largest absolute Gasteiger partial charge is 0.497 e. The minimum atomic E-state index is -3.57. The number of amides is 1. The van der Waals surface area contributed by atoms with Crippen LogP contribution in [-0.2, 0) is 14.8 Å². The van der Waals surface area contributed by atoms with Gasteiger partial charge in [-0.15, -0.1) is 0 Å². The number of ether oxygens (including phenoxy) is 3. The summed E-state index contributed by atoms with van der Waals surface area (Å²) >= 11 is 0. The third kappa shape index (κ3) is 7.18. The topological polar surface area (TPSA) is 111 Å². The van der Waals surface area contributed by atoms with Crippen molar-refractivity contribution in [2.24, 2.45) is 0 Å². The molecule has 0 saturated carbocycles. The van der Waals surface area contributed by atoms with Crippen molar-refractivity contribution in [1.82, 2.24) is 4.31 Å². The highest BCUT2D eigenvalue weighted by atomic mass is 32.2. The fourth-order valence-corrected chi connectivity index (χ4v) is 4.09. The Morgan fingerprint density at radius 1 is 0.892 bits per heavy atom. The number of carbonyl (C=O) groups is 2. The normalized spacial score (nSPS) is 11.4. The lowest BCUT2D eigenvalue weighted by Crippen LogP contribution is -2.22. The molecule has 0 aliphatic rings. The summed E-state index contributed by atoms with van der Waals surface area (Å²) in [6, 6.07) is 17.7. The number of benzene rings is 3. The molecule has 0 spiro atoms. The molecule has 0 unspecified atom stereocenters. The van der Waals surface area contributed by atoms with Crippen molar-refractivity contribution in [3.8, 4) is 17.2 Å². The molecule has 1 N–H and O–H groups in total. The standard InChI is InChI=1S/C27H28N2O7S/c1-29(2)37(32,33)23-13-7-20(8-14-23)24(30)15-5-19-6-16-25(26(17-19)35-4)36-18-27(31)28-21-9-11-22(34-3)12-10-21/h5-17H,18H2,1-4H3,(H,28,31)/b15-5+. The number of nitrogens with one attached hydrogen (secondary N) is 1. The number of nitrogens with zero attached hydrogens (tertiary/aromatic N) is 1. The van der Waals surface area contributed by atoms with Crippen LogP contribution in [-0.4, -0.2) is 59.3 Å². The van der Waals surface area contributed by atoms with Gasteiger partial charge in [-0.1, -0.05) is 12.1 Å². The summed E-state index contributed by atoms with van der Waals surface area (Å²) in [6.45, 7) is -0.227. The molecule has 0 aliphatic heterocycles. The molecule has 37 heavy (non-hydrogen) atoms. The van der Waals surface area contributed by atoms with Gasteiger partial charge in [0.15, 0.2) is 23.9 Å². The van der Waals surface area contributed by atoms with Gasteiger partial charge in [0, 0.05) is 25.3 Å². The summed E-state index contributed by atoms with van der Waals surface area (Å²) in [5, 5.41) is 2.73. The molecule has 0 aromatic heterocycles. The summed E-state index contributed by atoms with van der Waals surface area (Å²) in [5.41, 5.74) is 1.64. The molecule has 0 radical (unpaired) electrons. The van der Waals surface area contributed by atoms with Crippen molar-refractivity contribution in [2.75, 3.05) is 40.2 Å². The van der Waals surface area contributed by atoms with Crippen molar-refractivity contribution in [3.05, 3.63) is 83.9 Å². The first-order valence-electron chi connectivity index (χ1n) is 11.1. The summed E-state index contributed by atoms with van der Waals surface area (Å²) in [4.78, 5) is 24.9. The lowest BCUT2D eigenvalue weighted by Gasteiger charge is -2.12. The minimum absolute atomic E-state index is 0.107. The number of allylic oxidation sites excluding steroid dienone is 1. The highest BCUT2D eigenvalue weighted by molar-refractivity contribution is 7.89. The molecule has 0 saturated heterocycles. The van der Waals surface area contributed by atoms with E-state index < -0.39 is 10.0 Å². The van der Waals surface area contributed by atoms with Crippen molar-refractivity contribution in [3.63, 3.8) is 0 Å². The van der Waals surface area contributed by atoms with E-state index in [2.05, 4.69) is 5.32 Å². The molecule has 3 rings (SSSR count). The quantitative estimate of drug-likeness (QED) is 0.299. The smallest absolute Gasteiger partial charge is 0.262 e. The average Bonchev–Trinajstić information content (AvgIpc) is 2.91. The SMILES string of the molecule is COc1ccc(NC(=O)COc2ccc(/C=C/C(=O)c3ccc(S(=O)(=O)N(C)C)cc3)cc2OC)cc1. The number of anilines is 1. The monoisotopic (exact) mass is 524 g/mol. The predicted octanol–water partition coefficient (Wildman–Crippen LogP) is 3.87. The molecule has 3 aromatic rings. The van der Waals surface area contributed by atoms with Crippen LogP contribution in [0, 0.1) is 0 Å². The zero-order valence-corrected chi connectivity index (χ0v) is 21.7. The number of rotatable bonds is 11. The van der Waals surface area contributed by atoms with Crippen LogP contribution in [0.2, 0.25) is 0 Å². The molecule has 0 heterocycles. The number of sulfonamides is 1. The van der Waals surface area contributed by atoms with Crippen molar-refractivity contribution in [1.29, 1.82) is 0 Å². The molecule has 1 amide bonds. The van der Waals surface area contributed by atoms with E-state index in [1.807, 2.05) is 0 Å². The van der Waals surface area contributed by atoms with Crippen molar-refractivity contribution < 1.29 is 32.2 Å². The van der Waals surface area contributed by atoms with E-state index in [0.29, 0.717) is 34.1 Å². The summed E-state index contributed by atoms with van der Waals surface area (Å²) in [6.07, 6.45) is 2.99. The summed E-state index contributed by atoms with van der Waals surface area (Å²) in [7, 11) is 2.36. The van der Waals surface area contributed by atoms with E-state index >= 15 is 0 Å². The second kappa shape index (κ2) is 12.2. The van der Waals surface area contributed by atoms with Crippen molar-refractivity contribution >= 4 is 33.5 Å². The molecule has 0 aliphatic carbocycles. The summed E-state index contributed by atoms with van der Waals surface area (Å²) < 4.78 is 41.5. The molecular weight excluding hydrogens is 496 g/mol. The van der Waals surface area contributed by atoms with Gasteiger partial charge in [0.25, 0.3) is 5.91 Å². The van der Waals surface area contributed by atoms with Gasteiger partial charge in [0.2, 0.25) is 10.0 Å². The van der Waals surface area contributed by atoms with E-state index in [1.165, 1.54) is 51.5 Å². The van der Waals surface area contributed by atoms with Gasteiger partial charge in [-0.05, 0) is 72.3 Å². The van der Waals surface area contributed by atoms with Gasteiger partial charge >= 0.3 is 0 Å². The Balaban J connectivity index is 1.61. The van der Waals surface area contributed by atoms with Crippen LogP contribution < -0.4 is 19.5 Å². The number of methoxy groups -OCH3 is 2. The minimum Gasteiger partial charge on any atom is -0.497 e. The van der Waals surface area contributed by atoms with Crippen LogP contribution >= 0.6 is 0 Å². The van der Waals surface area contributed by atoms with Gasteiger partial charge in [0.05, 0.1) is 19.1 Å². The maximum Gasteiger partial charge on any atom is 0.262 e. The highest BCUT2D eigenvalue weighted by Gasteiger charge is 2.17. The molecular formula is C27H28N2O7S. The number of ketones is 1. The second-order valence-corrected chi connectivity index (χ2v) is 10.1. The first-order valence-corrected chi connectivity index (χ1v) is 12.6. The summed E-state index contributed by atoms with van der Waals surface area (Å²) in [5.74, 6) is 0.816. The van der Waals surface area contributed by atoms with E-state index in [4.69, 9.17) is 14.2 Å². The van der Waals surface area contributed by atoms with Crippen LogP contribution in [0.3, 0.4) is 0 Å². The Hall–Kier alpha value is -4.15. The Labute approximate surface area is 216 Å². The van der Waals surface area contributed by atoms with Crippen molar-refractivity contribution in [2.45, 2.75) is 4.90 Å². The van der Waals surface area contributed by atoms with Crippen LogP contribution in [0.5, 0.6) is 17.2 Å². The molecule has 0 atom stereocenters. The van der Waals surface area contributed by atoms with Gasteiger partial charge < -0.3 is 19.5 Å². The van der Waals surface area contributed by atoms with Gasteiger partial charge in [0.1, 0.15) is 5.75 Å². The highest BCUT2D eigenvalue weighted by Crippen LogP contribution is 2.29. The maximum absolute atomic E-state index is 12.5. The molecule has 9 nitrogen and oxygen atoms in total. The molecule has 3 aromatic carbocycles. The van der Waals surface area contributed by atoms with Gasteiger partial charge in [-0.3, -0.25) is 9.59 Å². The number of hydrogen-bond donors (Lipinski definition) is 1. The van der Waals surface area contributed by atoms with Crippen LogP contribution in [0.15, 0.2) is 77.7 Å². The lowest BCUT2D eigenvalue weighted by molar-refractivity contribution is -0.118. The van der Waals surface area contributed by atoms with Crippen LogP contribution in [0.1, 0.15) is 15.9 Å². The maximum atomic E-state index is 12.5. The average molecular weight is 525 g/mol. The third-order valence-corrected chi connectivity index (χ3v) is 7.09. The molecule has 10 heteroatoms. The molecule has 0 fully saturated rings. The lowest BCUT2D eigenvalue weighted by atomic mass is 10.1. The number of carbonyl (C=O) groups excluding carboxylic acids is 2. The fourth-order valence-electron chi connectivity index (χ4n) is 3.19. The van der Waals surface area contributed by atoms with E-state index in [1.54, 1.807) is 55.7 Å². The predicted molar refractivity (Wildman–Crippen MR) is 141 cm³/mol. The molecule has 194 valence electrons. The number of hydrogen-bond acceptors (Lipinski definition) is 7. The zero-order valence-electron chi connectivity index (χ0n) is 20.9. The van der Waals surface area contributed by atoms with Crippen LogP contribution in [0.25, 0.3) is 6.08 Å². The van der Waals surface area contributed by atoms with E-state index in [0.717, 1.165) is 4.31 Å². The first kappa shape index (κ1) is 27.4. The fraction of sp³-hybridized carbons (Fsp3) is 0.185.